The lowest BCUT2D eigenvalue weighted by atomic mass is 10.0. The molecule has 0 bridgehead atoms. The molecule has 3 N–H and O–H groups in total. The molecular formula is C14H12F2N2O3. The van der Waals surface area contributed by atoms with Crippen LogP contribution in [0.4, 0.5) is 14.5 Å². The van der Waals surface area contributed by atoms with Crippen LogP contribution in [0, 0.1) is 12.7 Å². The summed E-state index contributed by atoms with van der Waals surface area (Å²) in [6, 6.07) is 0.389. The molecule has 2 atom stereocenters. The van der Waals surface area contributed by atoms with Crippen LogP contribution < -0.4 is 11.2 Å². The van der Waals surface area contributed by atoms with Gasteiger partial charge in [0.1, 0.15) is 17.6 Å². The molecule has 7 heteroatoms. The van der Waals surface area contributed by atoms with Crippen LogP contribution in [0.15, 0.2) is 17.1 Å². The number of rotatable bonds is 2. The standard InChI is InChI=1S/C14H12F2N2O3/c1-5-7(15)2-9(17)11-12(5)18(10-3-8(10)16)4-6(13(11)19)14(20)21/h2,4,8,10H,3,17H2,1H3,(H,20,21). The number of halogens is 2. The Morgan fingerprint density at radius 1 is 1.52 bits per heavy atom. The molecular weight excluding hydrogens is 282 g/mol. The molecule has 0 saturated heterocycles. The monoisotopic (exact) mass is 294 g/mol. The normalized spacial score (nSPS) is 20.7. The third kappa shape index (κ3) is 1.88. The highest BCUT2D eigenvalue weighted by molar-refractivity contribution is 5.98. The molecule has 110 valence electrons. The number of aromatic carboxylic acids is 1. The van der Waals surface area contributed by atoms with E-state index in [1.165, 1.54) is 11.5 Å². The fraction of sp³-hybridized carbons (Fsp3) is 0.286. The van der Waals surface area contributed by atoms with Gasteiger partial charge >= 0.3 is 5.97 Å². The van der Waals surface area contributed by atoms with E-state index in [1.807, 2.05) is 0 Å². The molecule has 2 aromatic rings. The Bertz CT molecular complexity index is 844. The van der Waals surface area contributed by atoms with Gasteiger partial charge in [-0.2, -0.15) is 0 Å². The van der Waals surface area contributed by atoms with Crippen LogP contribution >= 0.6 is 0 Å². The highest BCUT2D eigenvalue weighted by atomic mass is 19.1. The molecule has 0 spiro atoms. The van der Waals surface area contributed by atoms with Gasteiger partial charge in [-0.1, -0.05) is 0 Å². The van der Waals surface area contributed by atoms with E-state index in [4.69, 9.17) is 10.8 Å². The molecule has 1 aromatic carbocycles. The van der Waals surface area contributed by atoms with Crippen LogP contribution in [0.1, 0.15) is 28.4 Å². The van der Waals surface area contributed by atoms with Crippen molar-refractivity contribution in [3.05, 3.63) is 39.4 Å². The minimum absolute atomic E-state index is 0.0760. The summed E-state index contributed by atoms with van der Waals surface area (Å²) >= 11 is 0. The topological polar surface area (TPSA) is 85.3 Å². The maximum Gasteiger partial charge on any atom is 0.341 e. The maximum absolute atomic E-state index is 13.9. The SMILES string of the molecule is Cc1c(F)cc(N)c2c(=O)c(C(=O)O)cn(C3CC3F)c12. The van der Waals surface area contributed by atoms with Crippen molar-refractivity contribution in [3.8, 4) is 0 Å². The second-order valence-corrected chi connectivity index (χ2v) is 5.20. The van der Waals surface area contributed by atoms with E-state index in [0.717, 1.165) is 12.3 Å². The average Bonchev–Trinajstić information content (AvgIpc) is 3.12. The van der Waals surface area contributed by atoms with Gasteiger partial charge in [0.05, 0.1) is 16.9 Å². The highest BCUT2D eigenvalue weighted by Crippen LogP contribution is 2.41. The molecule has 0 amide bonds. The minimum atomic E-state index is -1.42. The van der Waals surface area contributed by atoms with E-state index < -0.39 is 35.0 Å². The van der Waals surface area contributed by atoms with Crippen molar-refractivity contribution < 1.29 is 18.7 Å². The molecule has 0 aliphatic heterocycles. The van der Waals surface area contributed by atoms with E-state index >= 15 is 0 Å². The average molecular weight is 294 g/mol. The molecule has 1 aliphatic rings. The maximum atomic E-state index is 13.9. The molecule has 0 radical (unpaired) electrons. The quantitative estimate of drug-likeness (QED) is 0.830. The molecule has 1 saturated carbocycles. The number of nitrogen functional groups attached to an aromatic ring is 1. The first-order chi connectivity index (χ1) is 9.82. The van der Waals surface area contributed by atoms with Gasteiger partial charge in [0.25, 0.3) is 0 Å². The molecule has 1 fully saturated rings. The summed E-state index contributed by atoms with van der Waals surface area (Å²) in [6.07, 6.45) is 0.136. The van der Waals surface area contributed by atoms with E-state index in [9.17, 15) is 18.4 Å². The Labute approximate surface area is 117 Å². The van der Waals surface area contributed by atoms with Crippen molar-refractivity contribution in [1.29, 1.82) is 0 Å². The summed E-state index contributed by atoms with van der Waals surface area (Å²) in [5, 5.41) is 9.03. The van der Waals surface area contributed by atoms with Gasteiger partial charge < -0.3 is 15.4 Å². The van der Waals surface area contributed by atoms with E-state index in [1.54, 1.807) is 0 Å². The summed E-state index contributed by atoms with van der Waals surface area (Å²) in [5.41, 5.74) is 4.55. The fourth-order valence-electron chi connectivity index (χ4n) is 2.57. The molecule has 5 nitrogen and oxygen atoms in total. The van der Waals surface area contributed by atoms with Crippen molar-refractivity contribution in [2.45, 2.75) is 25.6 Å². The van der Waals surface area contributed by atoms with Gasteiger partial charge in [-0.15, -0.1) is 0 Å². The van der Waals surface area contributed by atoms with Crippen molar-refractivity contribution in [2.24, 2.45) is 0 Å². The van der Waals surface area contributed by atoms with Crippen LogP contribution in [0.25, 0.3) is 10.9 Å². The lowest BCUT2D eigenvalue weighted by Gasteiger charge is -2.15. The number of carboxylic acids is 1. The van der Waals surface area contributed by atoms with Gasteiger partial charge in [-0.25, -0.2) is 13.6 Å². The molecule has 1 aliphatic carbocycles. The number of nitrogens with two attached hydrogens (primary N) is 1. The first kappa shape index (κ1) is 13.5. The number of alkyl halides is 1. The van der Waals surface area contributed by atoms with Gasteiger partial charge in [0.2, 0.25) is 5.43 Å². The third-order valence-corrected chi connectivity index (χ3v) is 3.79. The Balaban J connectivity index is 2.52. The van der Waals surface area contributed by atoms with Crippen molar-refractivity contribution >= 4 is 22.6 Å². The van der Waals surface area contributed by atoms with Gasteiger partial charge in [0, 0.05) is 23.9 Å². The molecule has 3 rings (SSSR count). The fourth-order valence-corrected chi connectivity index (χ4v) is 2.57. The minimum Gasteiger partial charge on any atom is -0.477 e. The van der Waals surface area contributed by atoms with Crippen LogP contribution in [0.3, 0.4) is 0 Å². The lowest BCUT2D eigenvalue weighted by molar-refractivity contribution is 0.0694. The number of anilines is 1. The number of hydrogen-bond acceptors (Lipinski definition) is 3. The second kappa shape index (κ2) is 4.28. The van der Waals surface area contributed by atoms with Crippen LogP contribution in [-0.4, -0.2) is 21.8 Å². The first-order valence-corrected chi connectivity index (χ1v) is 6.33. The van der Waals surface area contributed by atoms with Crippen molar-refractivity contribution in [2.75, 3.05) is 5.73 Å². The predicted molar refractivity (Wildman–Crippen MR) is 72.8 cm³/mol. The van der Waals surface area contributed by atoms with Gasteiger partial charge in [-0.05, 0) is 13.0 Å². The highest BCUT2D eigenvalue weighted by Gasteiger charge is 2.40. The first-order valence-electron chi connectivity index (χ1n) is 6.33. The van der Waals surface area contributed by atoms with E-state index in [-0.39, 0.29) is 28.6 Å². The summed E-state index contributed by atoms with van der Waals surface area (Å²) in [6.45, 7) is 1.45. The van der Waals surface area contributed by atoms with Crippen LogP contribution in [0.2, 0.25) is 0 Å². The number of pyridine rings is 1. The number of aromatic nitrogens is 1. The zero-order valence-electron chi connectivity index (χ0n) is 11.1. The number of carbonyl (C=O) groups is 1. The number of aryl methyl sites for hydroxylation is 1. The molecule has 21 heavy (non-hydrogen) atoms. The number of hydrogen-bond donors (Lipinski definition) is 2. The summed E-state index contributed by atoms with van der Waals surface area (Å²) in [4.78, 5) is 23.4. The summed E-state index contributed by atoms with van der Waals surface area (Å²) in [5.74, 6) is -2.04. The van der Waals surface area contributed by atoms with Crippen LogP contribution in [-0.2, 0) is 0 Å². The van der Waals surface area contributed by atoms with Gasteiger partial charge in [0.15, 0.2) is 0 Å². The Kier molecular flexibility index (Phi) is 2.76. The van der Waals surface area contributed by atoms with Crippen molar-refractivity contribution in [1.82, 2.24) is 4.57 Å². The van der Waals surface area contributed by atoms with Gasteiger partial charge in [-0.3, -0.25) is 4.79 Å². The molecule has 1 heterocycles. The second-order valence-electron chi connectivity index (χ2n) is 5.20. The lowest BCUT2D eigenvalue weighted by Crippen LogP contribution is -2.21. The Hall–Kier alpha value is -2.44. The Morgan fingerprint density at radius 2 is 2.14 bits per heavy atom. The van der Waals surface area contributed by atoms with Crippen LogP contribution in [0.5, 0.6) is 0 Å². The summed E-state index contributed by atoms with van der Waals surface area (Å²) in [7, 11) is 0. The third-order valence-electron chi connectivity index (χ3n) is 3.79. The number of benzene rings is 1. The zero-order chi connectivity index (χ0) is 15.5. The Morgan fingerprint density at radius 3 is 2.67 bits per heavy atom. The number of nitrogens with zero attached hydrogens (tertiary/aromatic N) is 1. The number of fused-ring (bicyclic) bond motifs is 1. The molecule has 1 aromatic heterocycles. The number of carboxylic acid groups (broad SMARTS) is 1. The summed E-state index contributed by atoms with van der Waals surface area (Å²) < 4.78 is 28.6. The van der Waals surface area contributed by atoms with E-state index in [2.05, 4.69) is 0 Å². The zero-order valence-corrected chi connectivity index (χ0v) is 11.1. The smallest absolute Gasteiger partial charge is 0.341 e. The predicted octanol–water partition coefficient (Wildman–Crippen LogP) is 2.01. The molecule has 2 unspecified atom stereocenters. The largest absolute Gasteiger partial charge is 0.477 e. The van der Waals surface area contributed by atoms with E-state index in [0.29, 0.717) is 0 Å². The van der Waals surface area contributed by atoms with Crippen molar-refractivity contribution in [3.63, 3.8) is 0 Å².